The number of aryl methyl sites for hydroxylation is 1. The predicted molar refractivity (Wildman–Crippen MR) is 84.8 cm³/mol. The minimum absolute atomic E-state index is 0.0585. The summed E-state index contributed by atoms with van der Waals surface area (Å²) in [4.78, 5) is 0. The highest BCUT2D eigenvalue weighted by Crippen LogP contribution is 2.34. The molecular formula is C18H23NO. The van der Waals surface area contributed by atoms with Gasteiger partial charge in [0, 0.05) is 5.69 Å². The summed E-state index contributed by atoms with van der Waals surface area (Å²) in [7, 11) is 0. The highest BCUT2D eigenvalue weighted by atomic mass is 16.3. The summed E-state index contributed by atoms with van der Waals surface area (Å²) in [6.45, 7) is 6.40. The van der Waals surface area contributed by atoms with E-state index in [0.29, 0.717) is 0 Å². The second kappa shape index (κ2) is 6.10. The molecule has 0 saturated heterocycles. The summed E-state index contributed by atoms with van der Waals surface area (Å²) in [6.07, 6.45) is 0. The average molecular weight is 269 g/mol. The van der Waals surface area contributed by atoms with Crippen molar-refractivity contribution >= 4 is 5.69 Å². The number of para-hydroxylation sites is 1. The summed E-state index contributed by atoms with van der Waals surface area (Å²) in [5.74, 6) is 0.259. The Labute approximate surface area is 121 Å². The molecule has 2 aromatic rings. The van der Waals surface area contributed by atoms with E-state index in [1.807, 2.05) is 30.3 Å². The summed E-state index contributed by atoms with van der Waals surface area (Å²) >= 11 is 0. The van der Waals surface area contributed by atoms with Gasteiger partial charge in [0.05, 0.1) is 12.1 Å². The number of benzene rings is 2. The van der Waals surface area contributed by atoms with Crippen molar-refractivity contribution in [2.75, 3.05) is 11.9 Å². The number of anilines is 1. The SMILES string of the molecule is Cc1ccccc1NC(CO)(c1ccccc1)C(C)C. The highest BCUT2D eigenvalue weighted by Gasteiger charge is 2.35. The van der Waals surface area contributed by atoms with Crippen molar-refractivity contribution < 1.29 is 5.11 Å². The summed E-state index contributed by atoms with van der Waals surface area (Å²) < 4.78 is 0. The molecule has 20 heavy (non-hydrogen) atoms. The second-order valence-corrected chi connectivity index (χ2v) is 5.59. The van der Waals surface area contributed by atoms with E-state index in [4.69, 9.17) is 0 Å². The lowest BCUT2D eigenvalue weighted by molar-refractivity contribution is 0.172. The van der Waals surface area contributed by atoms with E-state index in [2.05, 4.69) is 50.4 Å². The zero-order valence-corrected chi connectivity index (χ0v) is 12.4. The normalized spacial score (nSPS) is 14.1. The van der Waals surface area contributed by atoms with Crippen LogP contribution < -0.4 is 5.32 Å². The predicted octanol–water partition coefficient (Wildman–Crippen LogP) is 3.95. The molecule has 0 amide bonds. The van der Waals surface area contributed by atoms with Gasteiger partial charge in [0.2, 0.25) is 0 Å². The molecule has 1 unspecified atom stereocenters. The molecule has 0 radical (unpaired) electrons. The highest BCUT2D eigenvalue weighted by molar-refractivity contribution is 5.54. The first-order valence-corrected chi connectivity index (χ1v) is 7.10. The second-order valence-electron chi connectivity index (χ2n) is 5.59. The van der Waals surface area contributed by atoms with Crippen LogP contribution in [0, 0.1) is 12.8 Å². The van der Waals surface area contributed by atoms with E-state index in [1.165, 1.54) is 5.56 Å². The van der Waals surface area contributed by atoms with Gasteiger partial charge in [0.1, 0.15) is 0 Å². The zero-order chi connectivity index (χ0) is 14.6. The Morgan fingerprint density at radius 1 is 1.00 bits per heavy atom. The van der Waals surface area contributed by atoms with Crippen molar-refractivity contribution in [3.05, 3.63) is 65.7 Å². The molecule has 2 nitrogen and oxygen atoms in total. The van der Waals surface area contributed by atoms with E-state index < -0.39 is 5.54 Å². The first-order chi connectivity index (χ1) is 9.60. The lowest BCUT2D eigenvalue weighted by Gasteiger charge is -2.39. The van der Waals surface area contributed by atoms with Crippen LogP contribution in [0.4, 0.5) is 5.69 Å². The fourth-order valence-electron chi connectivity index (χ4n) is 2.55. The van der Waals surface area contributed by atoms with Crippen molar-refractivity contribution in [3.8, 4) is 0 Å². The van der Waals surface area contributed by atoms with E-state index in [-0.39, 0.29) is 12.5 Å². The van der Waals surface area contributed by atoms with Crippen LogP contribution in [0.5, 0.6) is 0 Å². The Morgan fingerprint density at radius 3 is 2.15 bits per heavy atom. The van der Waals surface area contributed by atoms with Crippen LogP contribution in [-0.2, 0) is 5.54 Å². The fourth-order valence-corrected chi connectivity index (χ4v) is 2.55. The lowest BCUT2D eigenvalue weighted by Crippen LogP contribution is -2.44. The van der Waals surface area contributed by atoms with Crippen molar-refractivity contribution in [3.63, 3.8) is 0 Å². The third-order valence-electron chi connectivity index (χ3n) is 4.03. The minimum atomic E-state index is -0.465. The summed E-state index contributed by atoms with van der Waals surface area (Å²) in [5.41, 5.74) is 2.90. The topological polar surface area (TPSA) is 32.3 Å². The van der Waals surface area contributed by atoms with Gasteiger partial charge in [-0.15, -0.1) is 0 Å². The third-order valence-corrected chi connectivity index (χ3v) is 4.03. The van der Waals surface area contributed by atoms with E-state index in [1.54, 1.807) is 0 Å². The molecule has 2 rings (SSSR count). The van der Waals surface area contributed by atoms with Crippen LogP contribution in [-0.4, -0.2) is 11.7 Å². The minimum Gasteiger partial charge on any atom is -0.394 e. The van der Waals surface area contributed by atoms with Crippen LogP contribution in [0.2, 0.25) is 0 Å². The van der Waals surface area contributed by atoms with Gasteiger partial charge in [0.25, 0.3) is 0 Å². The number of nitrogens with one attached hydrogen (secondary N) is 1. The number of aliphatic hydroxyl groups excluding tert-OH is 1. The zero-order valence-electron chi connectivity index (χ0n) is 12.4. The molecule has 0 aromatic heterocycles. The van der Waals surface area contributed by atoms with Crippen molar-refractivity contribution in [1.82, 2.24) is 0 Å². The maximum absolute atomic E-state index is 10.1. The largest absolute Gasteiger partial charge is 0.394 e. The Bertz CT molecular complexity index is 550. The van der Waals surface area contributed by atoms with Gasteiger partial charge in [-0.25, -0.2) is 0 Å². The van der Waals surface area contributed by atoms with Crippen molar-refractivity contribution in [2.45, 2.75) is 26.3 Å². The summed E-state index contributed by atoms with van der Waals surface area (Å²) in [5, 5.41) is 13.7. The monoisotopic (exact) mass is 269 g/mol. The van der Waals surface area contributed by atoms with E-state index in [9.17, 15) is 5.11 Å². The molecule has 2 aromatic carbocycles. The molecule has 2 N–H and O–H groups in total. The number of hydrogen-bond acceptors (Lipinski definition) is 2. The van der Waals surface area contributed by atoms with Gasteiger partial charge in [-0.05, 0) is 30.0 Å². The van der Waals surface area contributed by atoms with Gasteiger partial charge in [-0.2, -0.15) is 0 Å². The van der Waals surface area contributed by atoms with Crippen LogP contribution >= 0.6 is 0 Å². The van der Waals surface area contributed by atoms with Crippen LogP contribution in [0.15, 0.2) is 54.6 Å². The molecule has 0 saturated carbocycles. The Balaban J connectivity index is 2.46. The molecule has 0 aliphatic rings. The van der Waals surface area contributed by atoms with Crippen LogP contribution in [0.25, 0.3) is 0 Å². The third kappa shape index (κ3) is 2.70. The quantitative estimate of drug-likeness (QED) is 0.861. The summed E-state index contributed by atoms with van der Waals surface area (Å²) in [6, 6.07) is 18.4. The molecule has 0 aliphatic carbocycles. The standard InChI is InChI=1S/C18H23NO/c1-14(2)18(13-20,16-10-5-4-6-11-16)19-17-12-8-7-9-15(17)3/h4-12,14,19-20H,13H2,1-3H3. The van der Waals surface area contributed by atoms with E-state index >= 15 is 0 Å². The molecule has 0 heterocycles. The van der Waals surface area contributed by atoms with Gasteiger partial charge in [-0.3, -0.25) is 0 Å². The van der Waals surface area contributed by atoms with Gasteiger partial charge in [0.15, 0.2) is 0 Å². The molecule has 0 fully saturated rings. The van der Waals surface area contributed by atoms with Crippen molar-refractivity contribution in [1.29, 1.82) is 0 Å². The van der Waals surface area contributed by atoms with Crippen molar-refractivity contribution in [2.24, 2.45) is 5.92 Å². The van der Waals surface area contributed by atoms with Crippen LogP contribution in [0.1, 0.15) is 25.0 Å². The number of aliphatic hydroxyl groups is 1. The Kier molecular flexibility index (Phi) is 4.46. The maximum atomic E-state index is 10.1. The Hall–Kier alpha value is -1.80. The molecule has 106 valence electrons. The molecule has 2 heteroatoms. The van der Waals surface area contributed by atoms with Gasteiger partial charge < -0.3 is 10.4 Å². The van der Waals surface area contributed by atoms with Gasteiger partial charge in [-0.1, -0.05) is 62.4 Å². The smallest absolute Gasteiger partial charge is 0.0879 e. The molecule has 1 atom stereocenters. The average Bonchev–Trinajstić information content (AvgIpc) is 2.47. The molecule has 0 bridgehead atoms. The molecule has 0 spiro atoms. The fraction of sp³-hybridized carbons (Fsp3) is 0.333. The lowest BCUT2D eigenvalue weighted by atomic mass is 9.80. The first kappa shape index (κ1) is 14.6. The number of hydrogen-bond donors (Lipinski definition) is 2. The van der Waals surface area contributed by atoms with Crippen LogP contribution in [0.3, 0.4) is 0 Å². The number of rotatable bonds is 5. The first-order valence-electron chi connectivity index (χ1n) is 7.10. The Morgan fingerprint density at radius 2 is 1.60 bits per heavy atom. The van der Waals surface area contributed by atoms with E-state index in [0.717, 1.165) is 11.3 Å². The maximum Gasteiger partial charge on any atom is 0.0879 e. The molecular weight excluding hydrogens is 246 g/mol. The molecule has 0 aliphatic heterocycles. The van der Waals surface area contributed by atoms with Gasteiger partial charge >= 0.3 is 0 Å².